The van der Waals surface area contributed by atoms with Crippen LogP contribution < -0.4 is 5.73 Å². The lowest BCUT2D eigenvalue weighted by Crippen LogP contribution is -2.36. The summed E-state index contributed by atoms with van der Waals surface area (Å²) in [6.07, 6.45) is 0.130. The van der Waals surface area contributed by atoms with Crippen molar-refractivity contribution in [3.8, 4) is 0 Å². The van der Waals surface area contributed by atoms with Crippen LogP contribution in [0.4, 0.5) is 0 Å². The molecule has 0 fully saturated rings. The predicted octanol–water partition coefficient (Wildman–Crippen LogP) is 3.61. The average Bonchev–Trinajstić information content (AvgIpc) is 2.27. The first-order chi connectivity index (χ1) is 8.21. The minimum Gasteiger partial charge on any atom is -0.388 e. The molecule has 0 amide bonds. The van der Waals surface area contributed by atoms with Gasteiger partial charge in [-0.1, -0.05) is 58.9 Å². The number of rotatable bonds is 4. The van der Waals surface area contributed by atoms with E-state index < -0.39 is 6.10 Å². The monoisotopic (exact) mass is 249 g/mol. The molecule has 2 heteroatoms. The van der Waals surface area contributed by atoms with Gasteiger partial charge in [0.25, 0.3) is 0 Å². The second-order valence-corrected chi connectivity index (χ2v) is 6.55. The van der Waals surface area contributed by atoms with E-state index in [-0.39, 0.29) is 11.5 Å². The van der Waals surface area contributed by atoms with E-state index in [9.17, 15) is 5.11 Å². The van der Waals surface area contributed by atoms with E-state index >= 15 is 0 Å². The third-order valence-corrected chi connectivity index (χ3v) is 3.58. The van der Waals surface area contributed by atoms with Crippen molar-refractivity contribution in [3.05, 3.63) is 35.4 Å². The van der Waals surface area contributed by atoms with Crippen LogP contribution in [0.2, 0.25) is 0 Å². The van der Waals surface area contributed by atoms with Gasteiger partial charge in [0.1, 0.15) is 0 Å². The average molecular weight is 249 g/mol. The summed E-state index contributed by atoms with van der Waals surface area (Å²) in [5, 5.41) is 10.2. The molecule has 2 atom stereocenters. The zero-order valence-corrected chi connectivity index (χ0v) is 12.3. The molecule has 1 aromatic carbocycles. The molecule has 0 unspecified atom stereocenters. The second kappa shape index (κ2) is 5.85. The number of benzene rings is 1. The second-order valence-electron chi connectivity index (χ2n) is 6.55. The zero-order valence-electron chi connectivity index (χ0n) is 12.3. The first-order valence-electron chi connectivity index (χ1n) is 6.75. The molecule has 3 N–H and O–H groups in total. The largest absolute Gasteiger partial charge is 0.388 e. The molecule has 1 aromatic rings. The topological polar surface area (TPSA) is 46.2 Å². The molecule has 0 bridgehead atoms. The summed E-state index contributed by atoms with van der Waals surface area (Å²) in [5.41, 5.74) is 8.39. The maximum atomic E-state index is 10.2. The van der Waals surface area contributed by atoms with Crippen molar-refractivity contribution in [3.63, 3.8) is 0 Å². The van der Waals surface area contributed by atoms with Crippen molar-refractivity contribution >= 4 is 0 Å². The number of hydrogen-bond acceptors (Lipinski definition) is 2. The summed E-state index contributed by atoms with van der Waals surface area (Å²) in [6, 6.07) is 8.19. The first-order valence-corrected chi connectivity index (χ1v) is 6.75. The number of nitrogens with two attached hydrogens (primary N) is 1. The van der Waals surface area contributed by atoms with Gasteiger partial charge >= 0.3 is 0 Å². The summed E-state index contributed by atoms with van der Waals surface area (Å²) < 4.78 is 0. The molecule has 0 heterocycles. The maximum absolute atomic E-state index is 10.2. The Morgan fingerprint density at radius 2 is 1.50 bits per heavy atom. The molecular weight excluding hydrogens is 222 g/mol. The fourth-order valence-electron chi connectivity index (χ4n) is 1.83. The van der Waals surface area contributed by atoms with Gasteiger partial charge in [0.05, 0.1) is 6.10 Å². The zero-order chi connectivity index (χ0) is 13.9. The van der Waals surface area contributed by atoms with Crippen LogP contribution in [0.15, 0.2) is 24.3 Å². The SMILES string of the molecule is CC(C)c1ccc([C@H](O)C[C@H](N)C(C)(C)C)cc1. The van der Waals surface area contributed by atoms with Crippen LogP contribution in [0.25, 0.3) is 0 Å². The van der Waals surface area contributed by atoms with Crippen molar-refractivity contribution < 1.29 is 5.11 Å². The molecule has 0 spiro atoms. The summed E-state index contributed by atoms with van der Waals surface area (Å²) in [4.78, 5) is 0. The van der Waals surface area contributed by atoms with Gasteiger partial charge in [0, 0.05) is 6.04 Å². The van der Waals surface area contributed by atoms with Gasteiger partial charge in [-0.15, -0.1) is 0 Å². The lowest BCUT2D eigenvalue weighted by Gasteiger charge is -2.29. The van der Waals surface area contributed by atoms with Crippen LogP contribution in [0.5, 0.6) is 0 Å². The van der Waals surface area contributed by atoms with Gasteiger partial charge in [-0.3, -0.25) is 0 Å². The van der Waals surface area contributed by atoms with E-state index in [0.717, 1.165) is 5.56 Å². The van der Waals surface area contributed by atoms with Crippen LogP contribution in [-0.2, 0) is 0 Å². The smallest absolute Gasteiger partial charge is 0.0805 e. The van der Waals surface area contributed by atoms with Crippen molar-refractivity contribution in [2.75, 3.05) is 0 Å². The molecule has 1 rings (SSSR count). The lowest BCUT2D eigenvalue weighted by molar-refractivity contribution is 0.133. The molecule has 0 aliphatic rings. The van der Waals surface area contributed by atoms with Gasteiger partial charge in [-0.25, -0.2) is 0 Å². The molecular formula is C16H27NO. The highest BCUT2D eigenvalue weighted by molar-refractivity contribution is 5.26. The van der Waals surface area contributed by atoms with Gasteiger partial charge in [-0.05, 0) is 28.9 Å². The molecule has 0 saturated heterocycles. The third-order valence-electron chi connectivity index (χ3n) is 3.58. The lowest BCUT2D eigenvalue weighted by atomic mass is 9.83. The Bertz CT molecular complexity index is 362. The van der Waals surface area contributed by atoms with Crippen LogP contribution in [-0.4, -0.2) is 11.1 Å². The Kier molecular flexibility index (Phi) is 4.94. The van der Waals surface area contributed by atoms with E-state index in [1.807, 2.05) is 12.1 Å². The van der Waals surface area contributed by atoms with Crippen molar-refractivity contribution in [2.24, 2.45) is 11.1 Å². The molecule has 0 aliphatic carbocycles. The number of hydrogen-bond donors (Lipinski definition) is 2. The molecule has 0 aliphatic heterocycles. The van der Waals surface area contributed by atoms with Gasteiger partial charge in [0.15, 0.2) is 0 Å². The molecule has 0 aromatic heterocycles. The first kappa shape index (κ1) is 15.2. The normalized spacial score (nSPS) is 15.8. The number of aliphatic hydroxyl groups excluding tert-OH is 1. The van der Waals surface area contributed by atoms with Crippen LogP contribution in [0.3, 0.4) is 0 Å². The molecule has 2 nitrogen and oxygen atoms in total. The standard InChI is InChI=1S/C16H27NO/c1-11(2)12-6-8-13(9-7-12)14(18)10-15(17)16(3,4)5/h6-9,11,14-15,18H,10,17H2,1-5H3/t14-,15+/m1/s1. The van der Waals surface area contributed by atoms with Crippen LogP contribution in [0.1, 0.15) is 64.2 Å². The fourth-order valence-corrected chi connectivity index (χ4v) is 1.83. The van der Waals surface area contributed by atoms with Gasteiger partial charge in [-0.2, -0.15) is 0 Å². The van der Waals surface area contributed by atoms with Crippen LogP contribution in [0, 0.1) is 5.41 Å². The van der Waals surface area contributed by atoms with Crippen LogP contribution >= 0.6 is 0 Å². The summed E-state index contributed by atoms with van der Waals surface area (Å²) >= 11 is 0. The molecule has 102 valence electrons. The van der Waals surface area contributed by atoms with Crippen molar-refractivity contribution in [2.45, 2.75) is 59.1 Å². The Labute approximate surface area is 111 Å². The van der Waals surface area contributed by atoms with Crippen molar-refractivity contribution in [1.29, 1.82) is 0 Å². The van der Waals surface area contributed by atoms with E-state index in [2.05, 4.69) is 46.8 Å². The van der Waals surface area contributed by atoms with Gasteiger partial charge < -0.3 is 10.8 Å². The molecule has 0 saturated carbocycles. The Balaban J connectivity index is 2.70. The quantitative estimate of drug-likeness (QED) is 0.856. The van der Waals surface area contributed by atoms with Crippen molar-refractivity contribution in [1.82, 2.24) is 0 Å². The maximum Gasteiger partial charge on any atom is 0.0805 e. The van der Waals surface area contributed by atoms with E-state index in [4.69, 9.17) is 5.73 Å². The Morgan fingerprint density at radius 3 is 1.89 bits per heavy atom. The highest BCUT2D eigenvalue weighted by Crippen LogP contribution is 2.27. The fraction of sp³-hybridized carbons (Fsp3) is 0.625. The van der Waals surface area contributed by atoms with E-state index in [0.29, 0.717) is 12.3 Å². The summed E-state index contributed by atoms with van der Waals surface area (Å²) in [5.74, 6) is 0.521. The van der Waals surface area contributed by atoms with E-state index in [1.54, 1.807) is 0 Å². The third kappa shape index (κ3) is 4.11. The predicted molar refractivity (Wildman–Crippen MR) is 77.5 cm³/mol. The highest BCUT2D eigenvalue weighted by Gasteiger charge is 2.23. The minimum atomic E-state index is -0.472. The Morgan fingerprint density at radius 1 is 1.06 bits per heavy atom. The van der Waals surface area contributed by atoms with E-state index in [1.165, 1.54) is 5.56 Å². The minimum absolute atomic E-state index is 0.00252. The summed E-state index contributed by atoms with van der Waals surface area (Å²) in [7, 11) is 0. The summed E-state index contributed by atoms with van der Waals surface area (Å²) in [6.45, 7) is 10.6. The van der Waals surface area contributed by atoms with Gasteiger partial charge in [0.2, 0.25) is 0 Å². The molecule has 18 heavy (non-hydrogen) atoms. The Hall–Kier alpha value is -0.860. The highest BCUT2D eigenvalue weighted by atomic mass is 16.3. The number of aliphatic hydroxyl groups is 1. The molecule has 0 radical (unpaired) electrons.